The van der Waals surface area contributed by atoms with Gasteiger partial charge in [-0.1, -0.05) is 35.9 Å². The van der Waals surface area contributed by atoms with E-state index in [0.717, 1.165) is 5.56 Å². The highest BCUT2D eigenvalue weighted by Crippen LogP contribution is 2.31. The van der Waals surface area contributed by atoms with E-state index >= 15 is 0 Å². The number of hydrogen-bond acceptors (Lipinski definition) is 5. The Bertz CT molecular complexity index is 1310. The van der Waals surface area contributed by atoms with Crippen LogP contribution in [0.4, 0.5) is 5.69 Å². The van der Waals surface area contributed by atoms with E-state index in [9.17, 15) is 14.4 Å². The molecule has 1 heterocycles. The number of carbonyl (C=O) groups is 3. The third-order valence-corrected chi connectivity index (χ3v) is 5.20. The summed E-state index contributed by atoms with van der Waals surface area (Å²) in [5.74, 6) is -0.316. The molecule has 1 amide bonds. The number of para-hydroxylation sites is 1. The van der Waals surface area contributed by atoms with Crippen molar-refractivity contribution in [3.05, 3.63) is 100 Å². The fraction of sp³-hybridized carbons (Fsp3) is 0.0769. The van der Waals surface area contributed by atoms with Gasteiger partial charge in [-0.15, -0.1) is 0 Å². The van der Waals surface area contributed by atoms with Gasteiger partial charge in [0.15, 0.2) is 11.6 Å². The minimum atomic E-state index is -0.485. The van der Waals surface area contributed by atoms with Crippen molar-refractivity contribution in [1.82, 2.24) is 0 Å². The second-order valence-electron chi connectivity index (χ2n) is 7.35. The number of ether oxygens (including phenoxy) is 1. The highest BCUT2D eigenvalue weighted by atomic mass is 35.5. The lowest BCUT2D eigenvalue weighted by atomic mass is 10.1. The van der Waals surface area contributed by atoms with Crippen molar-refractivity contribution in [2.24, 2.45) is 4.99 Å². The number of esters is 1. The number of amides is 1. The predicted octanol–water partition coefficient (Wildman–Crippen LogP) is 5.30. The number of aliphatic imine (C=N–C) groups is 1. The molecule has 6 nitrogen and oxygen atoms in total. The van der Waals surface area contributed by atoms with Gasteiger partial charge in [0.2, 0.25) is 0 Å². The molecule has 3 aromatic rings. The summed E-state index contributed by atoms with van der Waals surface area (Å²) in [5, 5.41) is 0.585. The standard InChI is InChI=1S/C26H19ClN2O4/c1-16(30)19-9-13-21(14-10-19)29-25(22-5-3-4-6-24(22)33-17(2)31)28-23(26(29)32)15-18-7-11-20(27)12-8-18/h3-15H,1-2H3. The number of anilines is 1. The van der Waals surface area contributed by atoms with Crippen molar-refractivity contribution >= 4 is 46.9 Å². The van der Waals surface area contributed by atoms with Crippen molar-refractivity contribution in [1.29, 1.82) is 0 Å². The first kappa shape index (κ1) is 22.2. The Hall–Kier alpha value is -4.03. The number of ketones is 1. The lowest BCUT2D eigenvalue weighted by Crippen LogP contribution is -2.33. The van der Waals surface area contributed by atoms with Crippen LogP contribution in [0.15, 0.2) is 83.5 Å². The van der Waals surface area contributed by atoms with Gasteiger partial charge in [-0.05, 0) is 67.1 Å². The second kappa shape index (κ2) is 9.22. The molecule has 1 aliphatic heterocycles. The molecular formula is C26H19ClN2O4. The second-order valence-corrected chi connectivity index (χ2v) is 7.79. The number of rotatable bonds is 5. The molecule has 0 spiro atoms. The first-order valence-electron chi connectivity index (χ1n) is 10.1. The summed E-state index contributed by atoms with van der Waals surface area (Å²) in [6.45, 7) is 2.79. The largest absolute Gasteiger partial charge is 0.426 e. The Kier molecular flexibility index (Phi) is 6.20. The highest BCUT2D eigenvalue weighted by molar-refractivity contribution is 6.34. The summed E-state index contributed by atoms with van der Waals surface area (Å²) in [5.41, 5.74) is 2.51. The average molecular weight is 459 g/mol. The minimum absolute atomic E-state index is 0.0771. The maximum absolute atomic E-state index is 13.5. The Balaban J connectivity index is 1.84. The van der Waals surface area contributed by atoms with Gasteiger partial charge in [0.05, 0.1) is 11.3 Å². The maximum atomic E-state index is 13.5. The Morgan fingerprint density at radius 3 is 2.24 bits per heavy atom. The zero-order valence-corrected chi connectivity index (χ0v) is 18.7. The first-order chi connectivity index (χ1) is 15.8. The van der Waals surface area contributed by atoms with Gasteiger partial charge in [0.25, 0.3) is 5.91 Å². The van der Waals surface area contributed by atoms with Crippen LogP contribution in [0, 0.1) is 0 Å². The van der Waals surface area contributed by atoms with E-state index in [1.165, 1.54) is 18.7 Å². The zero-order valence-electron chi connectivity index (χ0n) is 17.9. The van der Waals surface area contributed by atoms with Crippen LogP contribution in [0.5, 0.6) is 5.75 Å². The van der Waals surface area contributed by atoms with Crippen LogP contribution in [0.2, 0.25) is 5.02 Å². The number of hydrogen-bond donors (Lipinski definition) is 0. The molecule has 0 unspecified atom stereocenters. The summed E-state index contributed by atoms with van der Waals surface area (Å²) in [4.78, 5) is 42.8. The molecule has 33 heavy (non-hydrogen) atoms. The van der Waals surface area contributed by atoms with Gasteiger partial charge in [0, 0.05) is 17.5 Å². The minimum Gasteiger partial charge on any atom is -0.426 e. The smallest absolute Gasteiger partial charge is 0.308 e. The van der Waals surface area contributed by atoms with Crippen molar-refractivity contribution in [2.75, 3.05) is 4.90 Å². The van der Waals surface area contributed by atoms with Gasteiger partial charge in [-0.2, -0.15) is 0 Å². The molecule has 0 bridgehead atoms. The number of halogens is 1. The first-order valence-corrected chi connectivity index (χ1v) is 10.5. The summed E-state index contributed by atoms with van der Waals surface area (Å²) < 4.78 is 5.36. The summed E-state index contributed by atoms with van der Waals surface area (Å²) >= 11 is 5.97. The molecule has 0 saturated carbocycles. The number of nitrogens with zero attached hydrogens (tertiary/aromatic N) is 2. The molecule has 0 N–H and O–H groups in total. The van der Waals surface area contributed by atoms with Gasteiger partial charge >= 0.3 is 5.97 Å². The Morgan fingerprint density at radius 1 is 0.939 bits per heavy atom. The molecular weight excluding hydrogens is 440 g/mol. The Labute approximate surface area is 195 Å². The van der Waals surface area contributed by atoms with Crippen LogP contribution in [-0.2, 0) is 9.59 Å². The van der Waals surface area contributed by atoms with Gasteiger partial charge in [-0.25, -0.2) is 4.99 Å². The summed E-state index contributed by atoms with van der Waals surface area (Å²) in [7, 11) is 0. The lowest BCUT2D eigenvalue weighted by Gasteiger charge is -2.20. The van der Waals surface area contributed by atoms with E-state index in [1.807, 2.05) is 0 Å². The van der Waals surface area contributed by atoms with Crippen LogP contribution in [-0.4, -0.2) is 23.5 Å². The molecule has 0 fully saturated rings. The lowest BCUT2D eigenvalue weighted by molar-refractivity contribution is -0.131. The third-order valence-electron chi connectivity index (χ3n) is 4.95. The third kappa shape index (κ3) is 4.76. The molecule has 7 heteroatoms. The molecule has 3 aromatic carbocycles. The van der Waals surface area contributed by atoms with Gasteiger partial charge < -0.3 is 4.74 Å². The predicted molar refractivity (Wildman–Crippen MR) is 128 cm³/mol. The molecule has 0 radical (unpaired) electrons. The fourth-order valence-electron chi connectivity index (χ4n) is 3.39. The van der Waals surface area contributed by atoms with E-state index in [2.05, 4.69) is 4.99 Å². The summed E-state index contributed by atoms with van der Waals surface area (Å²) in [6.07, 6.45) is 1.66. The fourth-order valence-corrected chi connectivity index (χ4v) is 3.52. The molecule has 1 aliphatic rings. The van der Waals surface area contributed by atoms with Crippen LogP contribution in [0.3, 0.4) is 0 Å². The van der Waals surface area contributed by atoms with E-state index in [0.29, 0.717) is 27.7 Å². The normalized spacial score (nSPS) is 14.4. The topological polar surface area (TPSA) is 76.0 Å². The quantitative estimate of drug-likeness (QED) is 0.225. The van der Waals surface area contributed by atoms with Gasteiger partial charge in [-0.3, -0.25) is 19.3 Å². The van der Waals surface area contributed by atoms with Gasteiger partial charge in [0.1, 0.15) is 11.4 Å². The molecule has 0 aliphatic carbocycles. The zero-order chi connectivity index (χ0) is 23.5. The average Bonchev–Trinajstić information content (AvgIpc) is 3.11. The SMILES string of the molecule is CC(=O)Oc1ccccc1C1=NC(=Cc2ccc(Cl)cc2)C(=O)N1c1ccc(C(C)=O)cc1. The monoisotopic (exact) mass is 458 g/mol. The van der Waals surface area contributed by atoms with Crippen molar-refractivity contribution in [3.8, 4) is 5.75 Å². The maximum Gasteiger partial charge on any atom is 0.308 e. The molecule has 164 valence electrons. The van der Waals surface area contributed by atoms with Crippen molar-refractivity contribution < 1.29 is 19.1 Å². The number of benzene rings is 3. The van der Waals surface area contributed by atoms with Crippen molar-refractivity contribution in [3.63, 3.8) is 0 Å². The van der Waals surface area contributed by atoms with E-state index in [1.54, 1.807) is 78.9 Å². The van der Waals surface area contributed by atoms with Crippen molar-refractivity contribution in [2.45, 2.75) is 13.8 Å². The van der Waals surface area contributed by atoms with Crippen LogP contribution >= 0.6 is 11.6 Å². The van der Waals surface area contributed by atoms with E-state index in [-0.39, 0.29) is 23.1 Å². The molecule has 0 saturated heterocycles. The number of amidine groups is 1. The van der Waals surface area contributed by atoms with E-state index in [4.69, 9.17) is 16.3 Å². The summed E-state index contributed by atoms with van der Waals surface area (Å²) in [6, 6.07) is 20.6. The van der Waals surface area contributed by atoms with Crippen LogP contribution in [0.1, 0.15) is 35.3 Å². The number of carbonyl (C=O) groups excluding carboxylic acids is 3. The van der Waals surface area contributed by atoms with Crippen LogP contribution in [0.25, 0.3) is 6.08 Å². The molecule has 0 atom stereocenters. The molecule has 0 aromatic heterocycles. The highest BCUT2D eigenvalue weighted by Gasteiger charge is 2.34. The Morgan fingerprint density at radius 2 is 1.61 bits per heavy atom. The number of Topliss-reactive ketones (excluding diaryl/α,β-unsaturated/α-hetero) is 1. The van der Waals surface area contributed by atoms with Crippen LogP contribution < -0.4 is 9.64 Å². The van der Waals surface area contributed by atoms with E-state index < -0.39 is 5.97 Å². The molecule has 4 rings (SSSR count).